The largest absolute Gasteiger partial charge is 0.506 e. The molecule has 0 aliphatic heterocycles. The Labute approximate surface area is 199 Å². The van der Waals surface area contributed by atoms with E-state index in [2.05, 4.69) is 10.6 Å². The molecule has 0 fully saturated rings. The number of hydrogen-bond acceptors (Lipinski definition) is 5. The topological polar surface area (TPSA) is 95.5 Å². The Kier molecular flexibility index (Phi) is 7.34. The first kappa shape index (κ1) is 24.6. The van der Waals surface area contributed by atoms with Gasteiger partial charge in [0.15, 0.2) is 9.84 Å². The molecule has 0 aromatic heterocycles. The fraction of sp³-hybridized carbons (Fsp3) is 0.240. The molecule has 3 N–H and O–H groups in total. The van der Waals surface area contributed by atoms with Crippen LogP contribution in [-0.4, -0.2) is 24.7 Å². The predicted molar refractivity (Wildman–Crippen MR) is 133 cm³/mol. The van der Waals surface area contributed by atoms with Crippen LogP contribution in [0.5, 0.6) is 5.75 Å². The van der Waals surface area contributed by atoms with Gasteiger partial charge in [-0.1, -0.05) is 42.3 Å². The number of phenols is 1. The van der Waals surface area contributed by atoms with Gasteiger partial charge in [0.05, 0.1) is 21.3 Å². The molecular formula is C25H27ClN2O4S. The lowest BCUT2D eigenvalue weighted by Gasteiger charge is -2.18. The first-order chi connectivity index (χ1) is 15.5. The van der Waals surface area contributed by atoms with Crippen LogP contribution in [0.25, 0.3) is 0 Å². The van der Waals surface area contributed by atoms with Crippen LogP contribution in [0, 0.1) is 20.8 Å². The van der Waals surface area contributed by atoms with Crippen molar-refractivity contribution in [1.82, 2.24) is 0 Å². The zero-order valence-electron chi connectivity index (χ0n) is 18.9. The average molecular weight is 487 g/mol. The van der Waals surface area contributed by atoms with E-state index in [4.69, 9.17) is 11.6 Å². The Balaban J connectivity index is 1.84. The minimum Gasteiger partial charge on any atom is -0.506 e. The van der Waals surface area contributed by atoms with Gasteiger partial charge in [0, 0.05) is 11.8 Å². The Bertz CT molecular complexity index is 1270. The summed E-state index contributed by atoms with van der Waals surface area (Å²) in [6, 6.07) is 15.3. The van der Waals surface area contributed by atoms with Gasteiger partial charge in [0.2, 0.25) is 5.91 Å². The SMILES string of the molecule is CCC(C(=O)Nc1cc(O)c(Nc2ccc(C)cc2)cc1Cl)S(=O)(=O)c1cc(C)cc(C)c1. The maximum atomic E-state index is 13.2. The van der Waals surface area contributed by atoms with Gasteiger partial charge < -0.3 is 15.7 Å². The number of aryl methyl sites for hydroxylation is 3. The van der Waals surface area contributed by atoms with Crippen molar-refractivity contribution in [2.24, 2.45) is 0 Å². The fourth-order valence-electron chi connectivity index (χ4n) is 3.57. The van der Waals surface area contributed by atoms with Crippen LogP contribution in [0.3, 0.4) is 0 Å². The summed E-state index contributed by atoms with van der Waals surface area (Å²) >= 11 is 6.34. The average Bonchev–Trinajstić information content (AvgIpc) is 2.73. The number of hydrogen-bond donors (Lipinski definition) is 3. The van der Waals surface area contributed by atoms with Crippen LogP contribution in [-0.2, 0) is 14.6 Å². The molecule has 3 aromatic carbocycles. The number of carbonyl (C=O) groups is 1. The maximum Gasteiger partial charge on any atom is 0.243 e. The Morgan fingerprint density at radius 2 is 1.55 bits per heavy atom. The lowest BCUT2D eigenvalue weighted by atomic mass is 10.2. The summed E-state index contributed by atoms with van der Waals surface area (Å²) < 4.78 is 26.4. The number of amides is 1. The van der Waals surface area contributed by atoms with E-state index >= 15 is 0 Å². The second-order valence-corrected chi connectivity index (χ2v) is 10.6. The number of anilines is 3. The van der Waals surface area contributed by atoms with Gasteiger partial charge in [-0.2, -0.15) is 0 Å². The summed E-state index contributed by atoms with van der Waals surface area (Å²) in [5, 5.41) is 14.9. The van der Waals surface area contributed by atoms with E-state index in [-0.39, 0.29) is 27.8 Å². The summed E-state index contributed by atoms with van der Waals surface area (Å²) in [6.07, 6.45) is 0.0812. The highest BCUT2D eigenvalue weighted by Crippen LogP contribution is 2.36. The number of nitrogens with one attached hydrogen (secondary N) is 2. The van der Waals surface area contributed by atoms with Crippen LogP contribution in [0.4, 0.5) is 17.1 Å². The smallest absolute Gasteiger partial charge is 0.243 e. The second kappa shape index (κ2) is 9.85. The van der Waals surface area contributed by atoms with Crippen molar-refractivity contribution in [3.05, 3.63) is 76.3 Å². The zero-order valence-corrected chi connectivity index (χ0v) is 20.5. The molecule has 6 nitrogen and oxygen atoms in total. The summed E-state index contributed by atoms with van der Waals surface area (Å²) in [7, 11) is -3.92. The molecule has 3 rings (SSSR count). The van der Waals surface area contributed by atoms with Crippen LogP contribution in [0.15, 0.2) is 59.5 Å². The van der Waals surface area contributed by atoms with Crippen molar-refractivity contribution in [3.8, 4) is 5.75 Å². The lowest BCUT2D eigenvalue weighted by Crippen LogP contribution is -2.35. The fourth-order valence-corrected chi connectivity index (χ4v) is 5.59. The van der Waals surface area contributed by atoms with Gasteiger partial charge in [0.1, 0.15) is 11.0 Å². The molecule has 8 heteroatoms. The molecule has 0 bridgehead atoms. The number of halogens is 1. The summed E-state index contributed by atoms with van der Waals surface area (Å²) in [5.74, 6) is -0.849. The molecule has 33 heavy (non-hydrogen) atoms. The number of benzene rings is 3. The van der Waals surface area contributed by atoms with Gasteiger partial charge in [-0.15, -0.1) is 0 Å². The lowest BCUT2D eigenvalue weighted by molar-refractivity contribution is -0.115. The van der Waals surface area contributed by atoms with Crippen molar-refractivity contribution in [2.45, 2.75) is 44.3 Å². The first-order valence-electron chi connectivity index (χ1n) is 10.5. The minimum atomic E-state index is -3.92. The van der Waals surface area contributed by atoms with E-state index in [9.17, 15) is 18.3 Å². The van der Waals surface area contributed by atoms with E-state index in [0.717, 1.165) is 22.4 Å². The van der Waals surface area contributed by atoms with E-state index in [1.807, 2.05) is 51.1 Å². The van der Waals surface area contributed by atoms with Crippen molar-refractivity contribution in [2.75, 3.05) is 10.6 Å². The number of phenolic OH excluding ortho intramolecular Hbond substituents is 1. The molecule has 0 saturated carbocycles. The summed E-state index contributed by atoms with van der Waals surface area (Å²) in [4.78, 5) is 13.1. The predicted octanol–water partition coefficient (Wildman–Crippen LogP) is 5.91. The molecule has 1 unspecified atom stereocenters. The van der Waals surface area contributed by atoms with Crippen LogP contribution < -0.4 is 10.6 Å². The number of sulfone groups is 1. The van der Waals surface area contributed by atoms with Gasteiger partial charge in [-0.25, -0.2) is 8.42 Å². The van der Waals surface area contributed by atoms with E-state index in [1.165, 1.54) is 12.1 Å². The Morgan fingerprint density at radius 1 is 0.939 bits per heavy atom. The molecule has 0 aliphatic rings. The summed E-state index contributed by atoms with van der Waals surface area (Å²) in [6.45, 7) is 7.22. The molecule has 0 saturated heterocycles. The van der Waals surface area contributed by atoms with Crippen molar-refractivity contribution in [3.63, 3.8) is 0 Å². The molecule has 0 radical (unpaired) electrons. The molecular weight excluding hydrogens is 460 g/mol. The normalized spacial score (nSPS) is 12.3. The molecule has 174 valence electrons. The van der Waals surface area contributed by atoms with Crippen molar-refractivity contribution >= 4 is 44.4 Å². The Morgan fingerprint density at radius 3 is 2.12 bits per heavy atom. The van der Waals surface area contributed by atoms with Crippen LogP contribution in [0.1, 0.15) is 30.0 Å². The highest BCUT2D eigenvalue weighted by Gasteiger charge is 2.33. The van der Waals surface area contributed by atoms with E-state index in [1.54, 1.807) is 19.1 Å². The summed E-state index contributed by atoms with van der Waals surface area (Å²) in [5.41, 5.74) is 3.94. The molecule has 0 spiro atoms. The number of rotatable bonds is 7. The van der Waals surface area contributed by atoms with Crippen LogP contribution in [0.2, 0.25) is 5.02 Å². The minimum absolute atomic E-state index is 0.0812. The third-order valence-electron chi connectivity index (χ3n) is 5.24. The quantitative estimate of drug-likeness (QED) is 0.361. The van der Waals surface area contributed by atoms with Crippen LogP contribution >= 0.6 is 11.6 Å². The van der Waals surface area contributed by atoms with E-state index in [0.29, 0.717) is 5.69 Å². The zero-order chi connectivity index (χ0) is 24.3. The standard InChI is InChI=1S/C25H27ClN2O4S/c1-5-24(33(31,32)19-11-16(3)10-17(4)12-19)25(30)28-21-14-23(29)22(13-20(21)26)27-18-8-6-15(2)7-9-18/h6-14,24,27,29H,5H2,1-4H3,(H,28,30). The maximum absolute atomic E-state index is 13.2. The van der Waals surface area contributed by atoms with Gasteiger partial charge in [-0.3, -0.25) is 4.79 Å². The second-order valence-electron chi connectivity index (χ2n) is 8.09. The molecule has 1 atom stereocenters. The monoisotopic (exact) mass is 486 g/mol. The number of aromatic hydroxyl groups is 1. The van der Waals surface area contributed by atoms with E-state index < -0.39 is 21.0 Å². The molecule has 0 heterocycles. The third-order valence-corrected chi connectivity index (χ3v) is 7.74. The van der Waals surface area contributed by atoms with Gasteiger partial charge >= 0.3 is 0 Å². The Hall–Kier alpha value is -3.03. The molecule has 1 amide bonds. The van der Waals surface area contributed by atoms with Crippen molar-refractivity contribution < 1.29 is 18.3 Å². The van der Waals surface area contributed by atoms with Gasteiger partial charge in [0.25, 0.3) is 0 Å². The first-order valence-corrected chi connectivity index (χ1v) is 12.4. The molecule has 3 aromatic rings. The van der Waals surface area contributed by atoms with Crippen molar-refractivity contribution in [1.29, 1.82) is 0 Å². The number of carbonyl (C=O) groups excluding carboxylic acids is 1. The third kappa shape index (κ3) is 5.67. The van der Waals surface area contributed by atoms with Gasteiger partial charge in [-0.05, 0) is 68.7 Å². The highest BCUT2D eigenvalue weighted by molar-refractivity contribution is 7.92. The highest BCUT2D eigenvalue weighted by atomic mass is 35.5. The molecule has 0 aliphatic carbocycles.